The van der Waals surface area contributed by atoms with Crippen LogP contribution in [0.15, 0.2) is 41.2 Å². The van der Waals surface area contributed by atoms with E-state index in [-0.39, 0.29) is 29.8 Å². The summed E-state index contributed by atoms with van der Waals surface area (Å²) in [4.78, 5) is 30.7. The normalized spacial score (nSPS) is 20.3. The number of ether oxygens (including phenoxy) is 1. The molecule has 0 saturated carbocycles. The molecule has 0 spiro atoms. The van der Waals surface area contributed by atoms with Crippen LogP contribution in [0.3, 0.4) is 0 Å². The Morgan fingerprint density at radius 1 is 1.12 bits per heavy atom. The number of piperidine rings is 1. The van der Waals surface area contributed by atoms with Gasteiger partial charge in [0.05, 0.1) is 11.2 Å². The van der Waals surface area contributed by atoms with Crippen molar-refractivity contribution in [2.24, 2.45) is 0 Å². The minimum absolute atomic E-state index is 0.0135. The number of aromatic nitrogens is 2. The van der Waals surface area contributed by atoms with Gasteiger partial charge in [0.1, 0.15) is 5.82 Å². The minimum Gasteiger partial charge on any atom is -0.480 e. The smallest absolute Gasteiger partial charge is 0.263 e. The SMILES string of the molecule is O=C1COc2ccc(CNC3CCN(CC4Cn5c(=O)ccc6ccc(F)c4c65)CC3)nc2N1. The molecule has 5 heterocycles. The zero-order valence-electron chi connectivity index (χ0n) is 18.7. The highest BCUT2D eigenvalue weighted by Gasteiger charge is 2.31. The molecule has 2 aromatic heterocycles. The Morgan fingerprint density at radius 3 is 2.79 bits per heavy atom. The molecule has 1 aromatic carbocycles. The molecule has 1 fully saturated rings. The summed E-state index contributed by atoms with van der Waals surface area (Å²) in [5.41, 5.74) is 2.23. The molecule has 2 N–H and O–H groups in total. The molecule has 0 aliphatic carbocycles. The summed E-state index contributed by atoms with van der Waals surface area (Å²) in [6.07, 6.45) is 1.97. The Morgan fingerprint density at radius 2 is 1.94 bits per heavy atom. The van der Waals surface area contributed by atoms with Crippen LogP contribution in [-0.4, -0.2) is 52.6 Å². The van der Waals surface area contributed by atoms with E-state index in [1.807, 2.05) is 12.1 Å². The van der Waals surface area contributed by atoms with Crippen molar-refractivity contribution in [2.75, 3.05) is 31.6 Å². The van der Waals surface area contributed by atoms with Crippen LogP contribution in [0.1, 0.15) is 30.0 Å². The number of benzene rings is 1. The Balaban J connectivity index is 1.06. The van der Waals surface area contributed by atoms with Crippen molar-refractivity contribution in [3.63, 3.8) is 0 Å². The van der Waals surface area contributed by atoms with Gasteiger partial charge in [-0.1, -0.05) is 0 Å². The lowest BCUT2D eigenvalue weighted by Crippen LogP contribution is -2.43. The van der Waals surface area contributed by atoms with Gasteiger partial charge >= 0.3 is 0 Å². The van der Waals surface area contributed by atoms with Gasteiger partial charge in [0.25, 0.3) is 11.5 Å². The fraction of sp³-hybridized carbons (Fsp3) is 0.400. The van der Waals surface area contributed by atoms with Crippen LogP contribution in [0.4, 0.5) is 10.2 Å². The van der Waals surface area contributed by atoms with Crippen LogP contribution in [0, 0.1) is 5.82 Å². The number of fused-ring (bicyclic) bond motifs is 1. The fourth-order valence-corrected chi connectivity index (χ4v) is 5.41. The number of rotatable bonds is 5. The second kappa shape index (κ2) is 8.48. The number of hydrogen-bond donors (Lipinski definition) is 2. The van der Waals surface area contributed by atoms with Crippen LogP contribution in [-0.2, 0) is 17.9 Å². The van der Waals surface area contributed by atoms with Crippen LogP contribution in [0.25, 0.3) is 10.9 Å². The second-order valence-corrected chi connectivity index (χ2v) is 9.32. The van der Waals surface area contributed by atoms with Gasteiger partial charge < -0.3 is 24.8 Å². The summed E-state index contributed by atoms with van der Waals surface area (Å²) < 4.78 is 21.8. The van der Waals surface area contributed by atoms with E-state index in [1.54, 1.807) is 22.8 Å². The molecular formula is C25H26FN5O3. The number of hydrogen-bond acceptors (Lipinski definition) is 6. The van der Waals surface area contributed by atoms with E-state index in [0.717, 1.165) is 49.1 Å². The van der Waals surface area contributed by atoms with Gasteiger partial charge in [-0.15, -0.1) is 0 Å². The Labute approximate surface area is 195 Å². The predicted octanol–water partition coefficient (Wildman–Crippen LogP) is 2.22. The van der Waals surface area contributed by atoms with Gasteiger partial charge in [-0.25, -0.2) is 9.37 Å². The first-order chi connectivity index (χ1) is 16.5. The van der Waals surface area contributed by atoms with E-state index in [2.05, 4.69) is 20.5 Å². The quantitative estimate of drug-likeness (QED) is 0.603. The van der Waals surface area contributed by atoms with Crippen LogP contribution < -0.4 is 20.9 Å². The largest absolute Gasteiger partial charge is 0.480 e. The molecule has 0 radical (unpaired) electrons. The predicted molar refractivity (Wildman–Crippen MR) is 126 cm³/mol. The highest BCUT2D eigenvalue weighted by atomic mass is 19.1. The topological polar surface area (TPSA) is 88.5 Å². The first kappa shape index (κ1) is 21.2. The number of nitrogens with zero attached hydrogens (tertiary/aromatic N) is 3. The third-order valence-electron chi connectivity index (χ3n) is 7.12. The van der Waals surface area contributed by atoms with Crippen molar-refractivity contribution in [2.45, 2.75) is 37.9 Å². The number of halogens is 1. The average molecular weight is 464 g/mol. The molecule has 34 heavy (non-hydrogen) atoms. The highest BCUT2D eigenvalue weighted by Crippen LogP contribution is 2.35. The van der Waals surface area contributed by atoms with Gasteiger partial charge in [0, 0.05) is 43.2 Å². The summed E-state index contributed by atoms with van der Waals surface area (Å²) in [6.45, 7) is 3.75. The summed E-state index contributed by atoms with van der Waals surface area (Å²) >= 11 is 0. The summed E-state index contributed by atoms with van der Waals surface area (Å²) in [7, 11) is 0. The zero-order valence-corrected chi connectivity index (χ0v) is 18.7. The molecule has 3 aliphatic heterocycles. The zero-order chi connectivity index (χ0) is 23.2. The van der Waals surface area contributed by atoms with Crippen molar-refractivity contribution in [3.8, 4) is 5.75 Å². The van der Waals surface area contributed by atoms with Gasteiger partial charge in [-0.05, 0) is 61.6 Å². The van der Waals surface area contributed by atoms with Crippen molar-refractivity contribution < 1.29 is 13.9 Å². The number of pyridine rings is 2. The highest BCUT2D eigenvalue weighted by molar-refractivity contribution is 5.94. The monoisotopic (exact) mass is 463 g/mol. The van der Waals surface area contributed by atoms with Crippen molar-refractivity contribution >= 4 is 22.6 Å². The summed E-state index contributed by atoms with van der Waals surface area (Å²) in [6, 6.07) is 10.7. The molecule has 1 saturated heterocycles. The van der Waals surface area contributed by atoms with E-state index in [9.17, 15) is 14.0 Å². The van der Waals surface area contributed by atoms with E-state index in [1.165, 1.54) is 6.07 Å². The van der Waals surface area contributed by atoms with E-state index in [0.29, 0.717) is 36.3 Å². The second-order valence-electron chi connectivity index (χ2n) is 9.32. The third kappa shape index (κ3) is 3.84. The first-order valence-corrected chi connectivity index (χ1v) is 11.8. The molecular weight excluding hydrogens is 437 g/mol. The molecule has 8 nitrogen and oxygen atoms in total. The molecule has 3 aromatic rings. The maximum atomic E-state index is 14.8. The molecule has 1 amide bonds. The molecule has 9 heteroatoms. The summed E-state index contributed by atoms with van der Waals surface area (Å²) in [5.74, 6) is 0.652. The molecule has 176 valence electrons. The van der Waals surface area contributed by atoms with Gasteiger partial charge in [0.2, 0.25) is 0 Å². The number of carbonyl (C=O) groups excluding carboxylic acids is 1. The van der Waals surface area contributed by atoms with E-state index < -0.39 is 0 Å². The number of anilines is 1. The first-order valence-electron chi connectivity index (χ1n) is 11.8. The Hall–Kier alpha value is -3.30. The lowest BCUT2D eigenvalue weighted by Gasteiger charge is -2.34. The van der Waals surface area contributed by atoms with Gasteiger partial charge in [-0.2, -0.15) is 0 Å². The molecule has 1 unspecified atom stereocenters. The number of likely N-dealkylation sites (tertiary alicyclic amines) is 1. The van der Waals surface area contributed by atoms with E-state index in [4.69, 9.17) is 4.74 Å². The van der Waals surface area contributed by atoms with Crippen LogP contribution >= 0.6 is 0 Å². The Bertz CT molecular complexity index is 1330. The standard InChI is InChI=1S/C25H26FN5O3/c26-19-4-1-15-2-6-22(33)31-13-16(23(19)24(15)31)12-30-9-7-17(8-10-30)27-11-18-3-5-20-25(28-18)29-21(32)14-34-20/h1-6,16-17,27H,7-14H2,(H,28,29,32). The van der Waals surface area contributed by atoms with Gasteiger partial charge in [0.15, 0.2) is 18.2 Å². The molecule has 6 rings (SSSR count). The maximum absolute atomic E-state index is 14.8. The number of carbonyl (C=O) groups is 1. The van der Waals surface area contributed by atoms with Crippen molar-refractivity contribution in [1.29, 1.82) is 0 Å². The molecule has 3 aliphatic rings. The lowest BCUT2D eigenvalue weighted by molar-refractivity contribution is -0.118. The van der Waals surface area contributed by atoms with Crippen LogP contribution in [0.5, 0.6) is 5.75 Å². The number of amides is 1. The van der Waals surface area contributed by atoms with Gasteiger partial charge in [-0.3, -0.25) is 9.59 Å². The minimum atomic E-state index is -0.218. The van der Waals surface area contributed by atoms with Crippen LogP contribution in [0.2, 0.25) is 0 Å². The van der Waals surface area contributed by atoms with E-state index >= 15 is 0 Å². The molecule has 0 bridgehead atoms. The van der Waals surface area contributed by atoms with Crippen molar-refractivity contribution in [1.82, 2.24) is 19.8 Å². The maximum Gasteiger partial charge on any atom is 0.263 e. The third-order valence-corrected chi connectivity index (χ3v) is 7.12. The summed E-state index contributed by atoms with van der Waals surface area (Å²) in [5, 5.41) is 7.23. The molecule has 1 atom stereocenters. The fourth-order valence-electron chi connectivity index (χ4n) is 5.41. The number of nitrogens with one attached hydrogen (secondary N) is 2. The Kier molecular flexibility index (Phi) is 5.30. The lowest BCUT2D eigenvalue weighted by atomic mass is 9.97. The van der Waals surface area contributed by atoms with Crippen molar-refractivity contribution in [3.05, 3.63) is 63.8 Å². The average Bonchev–Trinajstić information content (AvgIpc) is 3.23.